The molecule has 3 nitrogen and oxygen atoms in total. The zero-order valence-electron chi connectivity index (χ0n) is 19.5. The summed E-state index contributed by atoms with van der Waals surface area (Å²) in [6, 6.07) is 40.5. The van der Waals surface area contributed by atoms with E-state index in [0.29, 0.717) is 5.56 Å². The van der Waals surface area contributed by atoms with E-state index >= 15 is 0 Å². The highest BCUT2D eigenvalue weighted by Gasteiger charge is 2.16. The molecule has 3 heteroatoms. The van der Waals surface area contributed by atoms with Crippen LogP contribution in [-0.4, -0.2) is 16.5 Å². The average Bonchev–Trinajstić information content (AvgIpc) is 2.94. The first-order chi connectivity index (χ1) is 17.6. The Labute approximate surface area is 210 Å². The quantitative estimate of drug-likeness (QED) is 0.199. The molecule has 174 valence electrons. The maximum Gasteiger partial charge on any atom is 0.150 e. The number of aldehydes is 1. The van der Waals surface area contributed by atoms with Crippen LogP contribution in [0, 0.1) is 0 Å². The molecule has 0 spiro atoms. The topological polar surface area (TPSA) is 57.5 Å². The predicted molar refractivity (Wildman–Crippen MR) is 145 cm³/mol. The van der Waals surface area contributed by atoms with Crippen LogP contribution in [0.25, 0.3) is 22.3 Å². The Bertz CT molecular complexity index is 1500. The second-order valence-electron chi connectivity index (χ2n) is 8.53. The van der Waals surface area contributed by atoms with Gasteiger partial charge in [0.15, 0.2) is 0 Å². The standard InChI is InChI=1S/C33H24O3/c34-22-23-6-8-24(9-7-23)25-10-12-27(13-11-25)33(29-16-20-31(36)21-17-29)32(26-4-2-1-3-5-26)28-14-18-30(35)19-15-28/h1-22,35-36H. The molecule has 5 aromatic rings. The minimum atomic E-state index is 0.207. The number of hydrogen-bond acceptors (Lipinski definition) is 3. The van der Waals surface area contributed by atoms with Gasteiger partial charge in [0.2, 0.25) is 0 Å². The third kappa shape index (κ3) is 4.82. The molecule has 0 saturated carbocycles. The summed E-state index contributed by atoms with van der Waals surface area (Å²) in [5.41, 5.74) is 8.74. The van der Waals surface area contributed by atoms with Crippen molar-refractivity contribution >= 4 is 17.4 Å². The van der Waals surface area contributed by atoms with Crippen molar-refractivity contribution in [2.24, 2.45) is 0 Å². The summed E-state index contributed by atoms with van der Waals surface area (Å²) < 4.78 is 0. The van der Waals surface area contributed by atoms with Gasteiger partial charge in [-0.25, -0.2) is 0 Å². The molecule has 5 aromatic carbocycles. The first-order valence-corrected chi connectivity index (χ1v) is 11.7. The Hall–Kier alpha value is -4.89. The number of phenols is 2. The smallest absolute Gasteiger partial charge is 0.150 e. The second-order valence-corrected chi connectivity index (χ2v) is 8.53. The molecule has 2 N–H and O–H groups in total. The van der Waals surface area contributed by atoms with Crippen molar-refractivity contribution < 1.29 is 15.0 Å². The zero-order valence-corrected chi connectivity index (χ0v) is 19.5. The van der Waals surface area contributed by atoms with Gasteiger partial charge in [0.1, 0.15) is 17.8 Å². The van der Waals surface area contributed by atoms with Crippen LogP contribution in [0.3, 0.4) is 0 Å². The lowest BCUT2D eigenvalue weighted by atomic mass is 9.85. The molecule has 0 radical (unpaired) electrons. The fourth-order valence-corrected chi connectivity index (χ4v) is 4.36. The lowest BCUT2D eigenvalue weighted by Crippen LogP contribution is -1.97. The molecule has 0 atom stereocenters. The first kappa shape index (κ1) is 22.9. The van der Waals surface area contributed by atoms with Gasteiger partial charge in [-0.1, -0.05) is 103 Å². The van der Waals surface area contributed by atoms with Gasteiger partial charge in [0.25, 0.3) is 0 Å². The monoisotopic (exact) mass is 468 g/mol. The van der Waals surface area contributed by atoms with E-state index in [0.717, 1.165) is 50.8 Å². The summed E-state index contributed by atoms with van der Waals surface area (Å²) in [5, 5.41) is 19.9. The van der Waals surface area contributed by atoms with Gasteiger partial charge in [0.05, 0.1) is 0 Å². The fourth-order valence-electron chi connectivity index (χ4n) is 4.36. The maximum atomic E-state index is 11.0. The summed E-state index contributed by atoms with van der Waals surface area (Å²) in [4.78, 5) is 11.0. The number of rotatable bonds is 6. The Morgan fingerprint density at radius 3 is 1.22 bits per heavy atom. The third-order valence-corrected chi connectivity index (χ3v) is 6.18. The predicted octanol–water partition coefficient (Wildman–Crippen LogP) is 7.58. The van der Waals surface area contributed by atoms with E-state index in [2.05, 4.69) is 36.4 Å². The molecule has 0 aromatic heterocycles. The molecular weight excluding hydrogens is 444 g/mol. The molecule has 0 aliphatic carbocycles. The molecule has 0 amide bonds. The largest absolute Gasteiger partial charge is 0.508 e. The van der Waals surface area contributed by atoms with Crippen LogP contribution < -0.4 is 0 Å². The highest BCUT2D eigenvalue weighted by atomic mass is 16.3. The van der Waals surface area contributed by atoms with Gasteiger partial charge in [-0.3, -0.25) is 4.79 Å². The summed E-state index contributed by atoms with van der Waals surface area (Å²) in [7, 11) is 0. The van der Waals surface area contributed by atoms with E-state index in [1.165, 1.54) is 0 Å². The molecule has 0 aliphatic rings. The lowest BCUT2D eigenvalue weighted by molar-refractivity contribution is 0.112. The van der Waals surface area contributed by atoms with Crippen LogP contribution in [-0.2, 0) is 0 Å². The molecule has 0 heterocycles. The molecule has 5 rings (SSSR count). The van der Waals surface area contributed by atoms with Crippen LogP contribution in [0.2, 0.25) is 0 Å². The maximum absolute atomic E-state index is 11.0. The summed E-state index contributed by atoms with van der Waals surface area (Å²) in [6.45, 7) is 0. The van der Waals surface area contributed by atoms with E-state index in [1.807, 2.05) is 66.7 Å². The fraction of sp³-hybridized carbons (Fsp3) is 0. The molecular formula is C33H24O3. The molecule has 0 bridgehead atoms. The van der Waals surface area contributed by atoms with Gasteiger partial charge in [-0.2, -0.15) is 0 Å². The number of hydrogen-bond donors (Lipinski definition) is 2. The highest BCUT2D eigenvalue weighted by molar-refractivity contribution is 6.04. The van der Waals surface area contributed by atoms with E-state index in [1.54, 1.807) is 24.3 Å². The SMILES string of the molecule is O=Cc1ccc(-c2ccc(C(=C(c3ccccc3)c3ccc(O)cc3)c3ccc(O)cc3)cc2)cc1. The van der Waals surface area contributed by atoms with Gasteiger partial charge in [0, 0.05) is 5.56 Å². The number of benzene rings is 5. The number of carbonyl (C=O) groups excluding carboxylic acids is 1. The Morgan fingerprint density at radius 2 is 0.806 bits per heavy atom. The molecule has 0 saturated heterocycles. The van der Waals surface area contributed by atoms with Crippen molar-refractivity contribution in [3.05, 3.63) is 155 Å². The average molecular weight is 469 g/mol. The number of aromatic hydroxyl groups is 2. The van der Waals surface area contributed by atoms with Crippen molar-refractivity contribution in [3.8, 4) is 22.6 Å². The minimum absolute atomic E-state index is 0.207. The van der Waals surface area contributed by atoms with E-state index in [4.69, 9.17) is 0 Å². The molecule has 0 aliphatic heterocycles. The highest BCUT2D eigenvalue weighted by Crippen LogP contribution is 2.38. The zero-order chi connectivity index (χ0) is 24.9. The lowest BCUT2D eigenvalue weighted by Gasteiger charge is -2.18. The first-order valence-electron chi connectivity index (χ1n) is 11.7. The van der Waals surface area contributed by atoms with Crippen molar-refractivity contribution in [1.29, 1.82) is 0 Å². The summed E-state index contributed by atoms with van der Waals surface area (Å²) in [6.07, 6.45) is 0.843. The number of carbonyl (C=O) groups is 1. The summed E-state index contributed by atoms with van der Waals surface area (Å²) in [5.74, 6) is 0.417. The molecule has 0 unspecified atom stereocenters. The van der Waals surface area contributed by atoms with Gasteiger partial charge in [-0.05, 0) is 68.8 Å². The van der Waals surface area contributed by atoms with E-state index in [-0.39, 0.29) is 11.5 Å². The Balaban J connectivity index is 1.72. The van der Waals surface area contributed by atoms with Gasteiger partial charge >= 0.3 is 0 Å². The van der Waals surface area contributed by atoms with Gasteiger partial charge in [-0.15, -0.1) is 0 Å². The van der Waals surface area contributed by atoms with Gasteiger partial charge < -0.3 is 10.2 Å². The van der Waals surface area contributed by atoms with Crippen LogP contribution in [0.1, 0.15) is 32.6 Å². The molecule has 0 fully saturated rings. The Morgan fingerprint density at radius 1 is 0.444 bits per heavy atom. The van der Waals surface area contributed by atoms with Crippen molar-refractivity contribution in [2.75, 3.05) is 0 Å². The van der Waals surface area contributed by atoms with Crippen molar-refractivity contribution in [2.45, 2.75) is 0 Å². The number of phenolic OH excluding ortho intramolecular Hbond substituents is 2. The molecule has 36 heavy (non-hydrogen) atoms. The minimum Gasteiger partial charge on any atom is -0.508 e. The van der Waals surface area contributed by atoms with E-state index in [9.17, 15) is 15.0 Å². The summed E-state index contributed by atoms with van der Waals surface area (Å²) >= 11 is 0. The Kier molecular flexibility index (Phi) is 6.46. The second kappa shape index (κ2) is 10.2. The van der Waals surface area contributed by atoms with E-state index < -0.39 is 0 Å². The van der Waals surface area contributed by atoms with Crippen LogP contribution in [0.4, 0.5) is 0 Å². The van der Waals surface area contributed by atoms with Crippen molar-refractivity contribution in [1.82, 2.24) is 0 Å². The van der Waals surface area contributed by atoms with Crippen LogP contribution in [0.15, 0.2) is 127 Å². The normalized spacial score (nSPS) is 11.6. The van der Waals surface area contributed by atoms with Crippen LogP contribution >= 0.6 is 0 Å². The van der Waals surface area contributed by atoms with Crippen LogP contribution in [0.5, 0.6) is 11.5 Å². The van der Waals surface area contributed by atoms with Crippen molar-refractivity contribution in [3.63, 3.8) is 0 Å². The third-order valence-electron chi connectivity index (χ3n) is 6.18.